The van der Waals surface area contributed by atoms with Gasteiger partial charge in [0.25, 0.3) is 5.56 Å². The lowest BCUT2D eigenvalue weighted by Crippen LogP contribution is -2.45. The standard InChI is InChI=1S/C25H27F2N3O3S/c1-15(2)30-14-28-23-8-7-22(29-34(3,32)33)21(24(23)25(30)31)10-16-5-4-6-17(9-16)18-11-19(26)13-20(27)12-18/h4-6,9,11-15,21-22,29H,7-8,10H2,1-3H3. The first kappa shape index (κ1) is 24.2. The van der Waals surface area contributed by atoms with Gasteiger partial charge < -0.3 is 0 Å². The van der Waals surface area contributed by atoms with Crippen LogP contribution in [0.1, 0.15) is 49.0 Å². The van der Waals surface area contributed by atoms with Gasteiger partial charge in [-0.25, -0.2) is 26.9 Å². The highest BCUT2D eigenvalue weighted by atomic mass is 32.2. The summed E-state index contributed by atoms with van der Waals surface area (Å²) in [6.45, 7) is 3.78. The summed E-state index contributed by atoms with van der Waals surface area (Å²) < 4.78 is 56.0. The second-order valence-corrected chi connectivity index (χ2v) is 10.9. The molecule has 0 saturated heterocycles. The SMILES string of the molecule is CC(C)n1cnc2c(c1=O)C(Cc1cccc(-c3cc(F)cc(F)c3)c1)C(NS(C)(=O)=O)CC2. The van der Waals surface area contributed by atoms with Crippen molar-refractivity contribution in [3.8, 4) is 11.1 Å². The van der Waals surface area contributed by atoms with E-state index >= 15 is 0 Å². The molecule has 0 spiro atoms. The van der Waals surface area contributed by atoms with Gasteiger partial charge in [-0.1, -0.05) is 24.3 Å². The maximum absolute atomic E-state index is 13.8. The number of hydrogen-bond donors (Lipinski definition) is 1. The molecule has 0 saturated carbocycles. The lowest BCUT2D eigenvalue weighted by Gasteiger charge is -2.33. The Morgan fingerprint density at radius 1 is 1.12 bits per heavy atom. The summed E-state index contributed by atoms with van der Waals surface area (Å²) in [5.74, 6) is -1.78. The second-order valence-electron chi connectivity index (χ2n) is 9.12. The van der Waals surface area contributed by atoms with Crippen LogP contribution in [-0.2, 0) is 22.9 Å². The number of benzene rings is 2. The lowest BCUT2D eigenvalue weighted by atomic mass is 9.78. The van der Waals surface area contributed by atoms with Crippen LogP contribution in [0, 0.1) is 11.6 Å². The number of fused-ring (bicyclic) bond motifs is 1. The molecule has 9 heteroatoms. The monoisotopic (exact) mass is 487 g/mol. The summed E-state index contributed by atoms with van der Waals surface area (Å²) in [4.78, 5) is 17.9. The fraction of sp³-hybridized carbons (Fsp3) is 0.360. The van der Waals surface area contributed by atoms with Crippen molar-refractivity contribution in [1.82, 2.24) is 14.3 Å². The van der Waals surface area contributed by atoms with Gasteiger partial charge in [0.1, 0.15) is 11.6 Å². The summed E-state index contributed by atoms with van der Waals surface area (Å²) >= 11 is 0. The summed E-state index contributed by atoms with van der Waals surface area (Å²) in [5, 5.41) is 0. The third kappa shape index (κ3) is 5.26. The number of aryl methyl sites for hydroxylation is 1. The highest BCUT2D eigenvalue weighted by Gasteiger charge is 2.35. The summed E-state index contributed by atoms with van der Waals surface area (Å²) in [7, 11) is -3.51. The van der Waals surface area contributed by atoms with Crippen LogP contribution in [0.3, 0.4) is 0 Å². The van der Waals surface area contributed by atoms with Crippen molar-refractivity contribution in [2.75, 3.05) is 6.26 Å². The van der Waals surface area contributed by atoms with E-state index in [0.29, 0.717) is 41.6 Å². The van der Waals surface area contributed by atoms with Crippen LogP contribution in [-0.4, -0.2) is 30.3 Å². The van der Waals surface area contributed by atoms with Crippen molar-refractivity contribution >= 4 is 10.0 Å². The maximum Gasteiger partial charge on any atom is 0.257 e. The molecule has 1 aromatic heterocycles. The molecule has 0 aliphatic heterocycles. The first-order valence-electron chi connectivity index (χ1n) is 11.1. The summed E-state index contributed by atoms with van der Waals surface area (Å²) in [6, 6.07) is 9.99. The van der Waals surface area contributed by atoms with Crippen molar-refractivity contribution < 1.29 is 17.2 Å². The zero-order chi connectivity index (χ0) is 24.6. The van der Waals surface area contributed by atoms with E-state index in [2.05, 4.69) is 9.71 Å². The Morgan fingerprint density at radius 2 is 1.82 bits per heavy atom. The Balaban J connectivity index is 1.78. The molecule has 0 amide bonds. The molecule has 1 N–H and O–H groups in total. The fourth-order valence-electron chi connectivity index (χ4n) is 4.66. The minimum Gasteiger partial charge on any atom is -0.296 e. The number of rotatable bonds is 6. The molecule has 2 unspecified atom stereocenters. The predicted octanol–water partition coefficient (Wildman–Crippen LogP) is 3.96. The van der Waals surface area contributed by atoms with E-state index in [9.17, 15) is 22.0 Å². The van der Waals surface area contributed by atoms with Gasteiger partial charge in [-0.05, 0) is 61.9 Å². The van der Waals surface area contributed by atoms with E-state index in [-0.39, 0.29) is 11.6 Å². The van der Waals surface area contributed by atoms with Crippen LogP contribution >= 0.6 is 0 Å². The molecule has 180 valence electrons. The normalized spacial score (nSPS) is 18.2. The molecule has 0 fully saturated rings. The molecule has 1 heterocycles. The first-order chi connectivity index (χ1) is 16.0. The van der Waals surface area contributed by atoms with Crippen LogP contribution in [0.4, 0.5) is 8.78 Å². The van der Waals surface area contributed by atoms with Gasteiger partial charge in [0.15, 0.2) is 0 Å². The molecule has 3 aromatic rings. The van der Waals surface area contributed by atoms with Gasteiger partial charge >= 0.3 is 0 Å². The largest absolute Gasteiger partial charge is 0.296 e. The molecule has 0 radical (unpaired) electrons. The minimum absolute atomic E-state index is 0.0969. The fourth-order valence-corrected chi connectivity index (χ4v) is 5.50. The van der Waals surface area contributed by atoms with Crippen molar-refractivity contribution in [2.24, 2.45) is 0 Å². The average molecular weight is 488 g/mol. The number of aromatic nitrogens is 2. The Bertz CT molecular complexity index is 1370. The van der Waals surface area contributed by atoms with E-state index in [0.717, 1.165) is 17.9 Å². The van der Waals surface area contributed by atoms with Crippen molar-refractivity contribution in [1.29, 1.82) is 0 Å². The summed E-state index contributed by atoms with van der Waals surface area (Å²) in [6.07, 6.45) is 4.03. The van der Waals surface area contributed by atoms with E-state index in [1.165, 1.54) is 12.1 Å². The Kier molecular flexibility index (Phi) is 6.69. The lowest BCUT2D eigenvalue weighted by molar-refractivity contribution is 0.413. The van der Waals surface area contributed by atoms with Crippen molar-refractivity contribution in [3.05, 3.63) is 87.6 Å². The topological polar surface area (TPSA) is 81.1 Å². The van der Waals surface area contributed by atoms with Crippen LogP contribution < -0.4 is 10.3 Å². The number of sulfonamides is 1. The Labute approximate surface area is 197 Å². The van der Waals surface area contributed by atoms with E-state index in [1.807, 2.05) is 26.0 Å². The molecule has 2 atom stereocenters. The number of nitrogens with one attached hydrogen (secondary N) is 1. The zero-order valence-corrected chi connectivity index (χ0v) is 20.1. The highest BCUT2D eigenvalue weighted by Crippen LogP contribution is 2.33. The molecular formula is C25H27F2N3O3S. The second kappa shape index (κ2) is 9.38. The van der Waals surface area contributed by atoms with Gasteiger partial charge in [-0.3, -0.25) is 9.36 Å². The molecular weight excluding hydrogens is 460 g/mol. The third-order valence-electron chi connectivity index (χ3n) is 6.16. The molecule has 1 aliphatic rings. The van der Waals surface area contributed by atoms with Crippen LogP contribution in [0.15, 0.2) is 53.6 Å². The van der Waals surface area contributed by atoms with Gasteiger partial charge in [0, 0.05) is 29.6 Å². The molecule has 0 bridgehead atoms. The first-order valence-corrected chi connectivity index (χ1v) is 13.0. The smallest absolute Gasteiger partial charge is 0.257 e. The van der Waals surface area contributed by atoms with Gasteiger partial charge in [-0.15, -0.1) is 0 Å². The van der Waals surface area contributed by atoms with Crippen LogP contribution in [0.25, 0.3) is 11.1 Å². The van der Waals surface area contributed by atoms with E-state index in [4.69, 9.17) is 0 Å². The molecule has 1 aliphatic carbocycles. The zero-order valence-electron chi connectivity index (χ0n) is 19.3. The van der Waals surface area contributed by atoms with Gasteiger partial charge in [-0.2, -0.15) is 0 Å². The predicted molar refractivity (Wildman–Crippen MR) is 127 cm³/mol. The Morgan fingerprint density at radius 3 is 2.47 bits per heavy atom. The van der Waals surface area contributed by atoms with Gasteiger partial charge in [0.05, 0.1) is 18.3 Å². The van der Waals surface area contributed by atoms with Crippen LogP contribution in [0.2, 0.25) is 0 Å². The quantitative estimate of drug-likeness (QED) is 0.571. The van der Waals surface area contributed by atoms with E-state index in [1.54, 1.807) is 23.0 Å². The molecule has 34 heavy (non-hydrogen) atoms. The maximum atomic E-state index is 13.8. The van der Waals surface area contributed by atoms with Crippen molar-refractivity contribution in [3.63, 3.8) is 0 Å². The Hall–Kier alpha value is -2.91. The number of nitrogens with zero attached hydrogens (tertiary/aromatic N) is 2. The average Bonchev–Trinajstić information content (AvgIpc) is 2.74. The molecule has 4 rings (SSSR count). The summed E-state index contributed by atoms with van der Waals surface area (Å²) in [5.41, 5.74) is 2.88. The minimum atomic E-state index is -3.51. The van der Waals surface area contributed by atoms with Crippen LogP contribution in [0.5, 0.6) is 0 Å². The van der Waals surface area contributed by atoms with E-state index < -0.39 is 33.6 Å². The van der Waals surface area contributed by atoms with Crippen molar-refractivity contribution in [2.45, 2.75) is 51.1 Å². The third-order valence-corrected chi connectivity index (χ3v) is 6.89. The molecule has 6 nitrogen and oxygen atoms in total. The molecule has 2 aromatic carbocycles. The highest BCUT2D eigenvalue weighted by molar-refractivity contribution is 7.88. The number of halogens is 2. The van der Waals surface area contributed by atoms with Gasteiger partial charge in [0.2, 0.25) is 10.0 Å². The number of hydrogen-bond acceptors (Lipinski definition) is 4.